The summed E-state index contributed by atoms with van der Waals surface area (Å²) in [5, 5.41) is 13.7. The minimum Gasteiger partial charge on any atom is -0.756 e. The van der Waals surface area contributed by atoms with Gasteiger partial charge in [0, 0.05) is 6.42 Å². The molecule has 0 aliphatic heterocycles. The van der Waals surface area contributed by atoms with Crippen molar-refractivity contribution in [3.05, 3.63) is 12.2 Å². The zero-order valence-corrected chi connectivity index (χ0v) is 29.6. The smallest absolute Gasteiger partial charge is 0.268 e. The molecule has 9 heteroatoms. The van der Waals surface area contributed by atoms with Crippen LogP contribution in [0.5, 0.6) is 0 Å². The Labute approximate surface area is 265 Å². The molecule has 2 N–H and O–H groups in total. The Kier molecular flexibility index (Phi) is 27.1. The molecule has 0 aliphatic carbocycles. The summed E-state index contributed by atoms with van der Waals surface area (Å²) in [7, 11) is 1.29. The number of likely N-dealkylation sites (N-methyl/N-ethyl adjacent to an activating group) is 1. The zero-order valence-electron chi connectivity index (χ0n) is 28.7. The Hall–Kier alpha value is -0.760. The third kappa shape index (κ3) is 29.7. The molecule has 0 aromatic heterocycles. The predicted octanol–water partition coefficient (Wildman–Crippen LogP) is 7.83. The molecule has 0 radical (unpaired) electrons. The first kappa shape index (κ1) is 42.2. The first-order valence-corrected chi connectivity index (χ1v) is 19.0. The van der Waals surface area contributed by atoms with Crippen molar-refractivity contribution < 1.29 is 32.9 Å². The molecule has 0 spiro atoms. The number of allylic oxidation sites excluding steroid dienone is 2. The van der Waals surface area contributed by atoms with Crippen LogP contribution in [0.25, 0.3) is 0 Å². The van der Waals surface area contributed by atoms with E-state index in [1.54, 1.807) is 0 Å². The van der Waals surface area contributed by atoms with E-state index in [0.29, 0.717) is 23.9 Å². The third-order valence-corrected chi connectivity index (χ3v) is 8.72. The number of nitrogens with zero attached hydrogens (tertiary/aromatic N) is 1. The van der Waals surface area contributed by atoms with Crippen molar-refractivity contribution in [1.82, 2.24) is 5.32 Å². The summed E-state index contributed by atoms with van der Waals surface area (Å²) in [5.74, 6) is -0.184. The van der Waals surface area contributed by atoms with Crippen LogP contribution in [0, 0.1) is 0 Å². The minimum atomic E-state index is -4.55. The van der Waals surface area contributed by atoms with Gasteiger partial charge in [0.2, 0.25) is 5.91 Å². The first-order chi connectivity index (χ1) is 20.5. The summed E-state index contributed by atoms with van der Waals surface area (Å²) < 4.78 is 23.0. The lowest BCUT2D eigenvalue weighted by atomic mass is 10.0. The van der Waals surface area contributed by atoms with Crippen LogP contribution in [-0.2, 0) is 18.4 Å². The summed E-state index contributed by atoms with van der Waals surface area (Å²) in [6, 6.07) is -0.807. The highest BCUT2D eigenvalue weighted by Crippen LogP contribution is 2.38. The van der Waals surface area contributed by atoms with Gasteiger partial charge in [-0.1, -0.05) is 116 Å². The number of aliphatic hydroxyl groups is 1. The van der Waals surface area contributed by atoms with Crippen LogP contribution < -0.4 is 10.2 Å². The van der Waals surface area contributed by atoms with E-state index in [4.69, 9.17) is 9.05 Å². The van der Waals surface area contributed by atoms with Gasteiger partial charge in [0.1, 0.15) is 13.2 Å². The molecule has 0 aromatic rings. The largest absolute Gasteiger partial charge is 0.756 e. The Morgan fingerprint density at radius 1 is 0.791 bits per heavy atom. The van der Waals surface area contributed by atoms with Gasteiger partial charge in [-0.2, -0.15) is 0 Å². The standard InChI is InChI=1S/C34H69N2O6P/c1-6-8-10-12-14-15-16-17-18-19-20-22-23-25-27-33(37)32(31-42-43(39,40)41-30-29-36(3,4)5)35-34(38)28-26-24-21-13-11-9-7-2/h19-20,32-33,37H,6-18,21-31H2,1-5H3,(H-,35,38,39,40)/b20-19+/t32-,33+/m1/s1. The normalized spacial score (nSPS) is 15.0. The Morgan fingerprint density at radius 2 is 1.28 bits per heavy atom. The molecule has 1 unspecified atom stereocenters. The monoisotopic (exact) mass is 632 g/mol. The van der Waals surface area contributed by atoms with E-state index in [0.717, 1.165) is 44.9 Å². The van der Waals surface area contributed by atoms with Crippen molar-refractivity contribution in [2.75, 3.05) is 40.9 Å². The lowest BCUT2D eigenvalue weighted by Crippen LogP contribution is -2.46. The van der Waals surface area contributed by atoms with E-state index in [2.05, 4.69) is 31.3 Å². The van der Waals surface area contributed by atoms with Crippen LogP contribution in [0.2, 0.25) is 0 Å². The van der Waals surface area contributed by atoms with Gasteiger partial charge in [-0.3, -0.25) is 9.36 Å². The quantitative estimate of drug-likeness (QED) is 0.0349. The van der Waals surface area contributed by atoms with Gasteiger partial charge in [0.05, 0.1) is 39.9 Å². The number of quaternary nitrogens is 1. The highest BCUT2D eigenvalue weighted by atomic mass is 31.2. The van der Waals surface area contributed by atoms with E-state index >= 15 is 0 Å². The summed E-state index contributed by atoms with van der Waals surface area (Å²) in [4.78, 5) is 25.0. The Bertz CT molecular complexity index is 728. The van der Waals surface area contributed by atoms with Gasteiger partial charge >= 0.3 is 0 Å². The number of unbranched alkanes of at least 4 members (excludes halogenated alkanes) is 16. The number of aliphatic hydroxyl groups excluding tert-OH is 1. The van der Waals surface area contributed by atoms with Crippen LogP contribution in [-0.4, -0.2) is 68.5 Å². The molecule has 256 valence electrons. The van der Waals surface area contributed by atoms with Crippen molar-refractivity contribution in [3.8, 4) is 0 Å². The number of carbonyl (C=O) groups is 1. The lowest BCUT2D eigenvalue weighted by molar-refractivity contribution is -0.870. The number of carbonyl (C=O) groups excluding carboxylic acids is 1. The van der Waals surface area contributed by atoms with Crippen LogP contribution in [0.15, 0.2) is 12.2 Å². The summed E-state index contributed by atoms with van der Waals surface area (Å²) in [5.41, 5.74) is 0. The molecule has 8 nitrogen and oxygen atoms in total. The molecule has 0 aliphatic rings. The van der Waals surface area contributed by atoms with Gasteiger partial charge in [-0.15, -0.1) is 0 Å². The van der Waals surface area contributed by atoms with E-state index < -0.39 is 20.0 Å². The Balaban J connectivity index is 4.52. The van der Waals surface area contributed by atoms with Crippen molar-refractivity contribution in [2.24, 2.45) is 0 Å². The third-order valence-electron chi connectivity index (χ3n) is 7.75. The average Bonchev–Trinajstić information content (AvgIpc) is 2.94. The molecule has 0 rings (SSSR count). The maximum Gasteiger partial charge on any atom is 0.268 e. The van der Waals surface area contributed by atoms with Crippen LogP contribution in [0.3, 0.4) is 0 Å². The zero-order chi connectivity index (χ0) is 32.2. The number of phosphoric ester groups is 1. The fourth-order valence-electron chi connectivity index (χ4n) is 4.85. The molecule has 0 bridgehead atoms. The molecule has 43 heavy (non-hydrogen) atoms. The molecule has 0 saturated carbocycles. The molecule has 0 fully saturated rings. The van der Waals surface area contributed by atoms with Gasteiger partial charge in [0.25, 0.3) is 7.82 Å². The van der Waals surface area contributed by atoms with Crippen molar-refractivity contribution >= 4 is 13.7 Å². The maximum atomic E-state index is 12.6. The summed E-state index contributed by atoms with van der Waals surface area (Å²) in [6.45, 7) is 4.62. The molecule has 0 aromatic carbocycles. The van der Waals surface area contributed by atoms with Crippen molar-refractivity contribution in [2.45, 2.75) is 161 Å². The highest BCUT2D eigenvalue weighted by Gasteiger charge is 2.24. The highest BCUT2D eigenvalue weighted by molar-refractivity contribution is 7.45. The second kappa shape index (κ2) is 27.5. The molecular formula is C34H69N2O6P. The minimum absolute atomic E-state index is 0.00861. The first-order valence-electron chi connectivity index (χ1n) is 17.5. The molecule has 0 heterocycles. The fourth-order valence-corrected chi connectivity index (χ4v) is 5.58. The summed E-state index contributed by atoms with van der Waals surface area (Å²) in [6.07, 6.45) is 26.6. The van der Waals surface area contributed by atoms with Gasteiger partial charge < -0.3 is 28.8 Å². The van der Waals surface area contributed by atoms with Crippen LogP contribution in [0.4, 0.5) is 0 Å². The number of rotatable bonds is 31. The van der Waals surface area contributed by atoms with Gasteiger partial charge in [-0.05, 0) is 38.5 Å². The summed E-state index contributed by atoms with van der Waals surface area (Å²) >= 11 is 0. The second-order valence-corrected chi connectivity index (χ2v) is 14.6. The number of hydrogen-bond acceptors (Lipinski definition) is 6. The van der Waals surface area contributed by atoms with E-state index in [-0.39, 0.29) is 19.1 Å². The number of hydrogen-bond donors (Lipinski definition) is 2. The number of amides is 1. The Morgan fingerprint density at radius 3 is 1.81 bits per heavy atom. The van der Waals surface area contributed by atoms with Crippen molar-refractivity contribution in [3.63, 3.8) is 0 Å². The average molecular weight is 633 g/mol. The van der Waals surface area contributed by atoms with Crippen molar-refractivity contribution in [1.29, 1.82) is 0 Å². The second-order valence-electron chi connectivity index (χ2n) is 13.2. The van der Waals surface area contributed by atoms with E-state index in [1.165, 1.54) is 77.0 Å². The molecule has 0 saturated heterocycles. The SMILES string of the molecule is CCCCCCCCCC/C=C/CCCC[C@H](O)[C@@H](COP(=O)([O-])OCC[N+](C)(C)C)NC(=O)CCCCCCCCC. The van der Waals surface area contributed by atoms with E-state index in [1.807, 2.05) is 21.1 Å². The van der Waals surface area contributed by atoms with E-state index in [9.17, 15) is 19.4 Å². The fraction of sp³-hybridized carbons (Fsp3) is 0.912. The van der Waals surface area contributed by atoms with Crippen LogP contribution in [0.1, 0.15) is 149 Å². The molecular weight excluding hydrogens is 563 g/mol. The molecule has 3 atom stereocenters. The maximum absolute atomic E-state index is 12.6. The predicted molar refractivity (Wildman–Crippen MR) is 178 cm³/mol. The van der Waals surface area contributed by atoms with Gasteiger partial charge in [0.15, 0.2) is 0 Å². The topological polar surface area (TPSA) is 108 Å². The number of phosphoric acid groups is 1. The van der Waals surface area contributed by atoms with Gasteiger partial charge in [-0.25, -0.2) is 0 Å². The van der Waals surface area contributed by atoms with Crippen LogP contribution >= 0.6 is 7.82 Å². The molecule has 1 amide bonds. The lowest BCUT2D eigenvalue weighted by Gasteiger charge is -2.30. The number of nitrogens with one attached hydrogen (secondary N) is 1.